The van der Waals surface area contributed by atoms with Crippen molar-refractivity contribution in [3.8, 4) is 17.2 Å². The molecular weight excluding hydrogens is 693 g/mol. The Bertz CT molecular complexity index is 1190. The van der Waals surface area contributed by atoms with E-state index in [4.69, 9.17) is 26.4 Å². The van der Waals surface area contributed by atoms with Crippen molar-refractivity contribution in [2.75, 3.05) is 19.8 Å². The molecular formula is C51H84O3S. The molecule has 0 N–H and O–H groups in total. The fraction of sp³-hybridized carbons (Fsp3) is 0.706. The maximum absolute atomic E-state index is 6.34. The predicted octanol–water partition coefficient (Wildman–Crippen LogP) is 16.8. The van der Waals surface area contributed by atoms with Gasteiger partial charge in [0.15, 0.2) is 11.5 Å². The van der Waals surface area contributed by atoms with Crippen LogP contribution in [0.4, 0.5) is 0 Å². The highest BCUT2D eigenvalue weighted by Gasteiger charge is 2.16. The summed E-state index contributed by atoms with van der Waals surface area (Å²) in [4.78, 5) is 0.839. The zero-order valence-electron chi connectivity index (χ0n) is 36.4. The zero-order chi connectivity index (χ0) is 39.4. The number of allylic oxidation sites excluding steroid dienone is 1. The molecule has 0 saturated carbocycles. The van der Waals surface area contributed by atoms with Crippen LogP contribution < -0.4 is 14.2 Å². The minimum Gasteiger partial charge on any atom is -0.490 e. The summed E-state index contributed by atoms with van der Waals surface area (Å²) in [6, 6.07) is 13.1. The molecule has 4 heteroatoms. The van der Waals surface area contributed by atoms with Gasteiger partial charge in [-0.25, -0.2) is 0 Å². The Balaban J connectivity index is 1.74. The normalized spacial score (nSPS) is 11.4. The first-order valence-electron chi connectivity index (χ1n) is 23.5. The topological polar surface area (TPSA) is 27.7 Å². The van der Waals surface area contributed by atoms with Crippen LogP contribution in [0.3, 0.4) is 0 Å². The Hall–Kier alpha value is -2.33. The van der Waals surface area contributed by atoms with Gasteiger partial charge in [0.2, 0.25) is 5.75 Å². The number of hydrogen-bond acceptors (Lipinski definition) is 4. The van der Waals surface area contributed by atoms with E-state index in [0.717, 1.165) is 97.4 Å². The number of aryl methyl sites for hydroxylation is 1. The number of benzene rings is 2. The Morgan fingerprint density at radius 1 is 0.455 bits per heavy atom. The van der Waals surface area contributed by atoms with Gasteiger partial charge < -0.3 is 14.2 Å². The average Bonchev–Trinajstić information content (AvgIpc) is 3.20. The second kappa shape index (κ2) is 34.9. The van der Waals surface area contributed by atoms with Crippen LogP contribution in [0, 0.1) is 0 Å². The number of hydrogen-bond donors (Lipinski definition) is 0. The molecule has 2 aromatic carbocycles. The van der Waals surface area contributed by atoms with E-state index in [1.807, 2.05) is 6.08 Å². The van der Waals surface area contributed by atoms with Crippen LogP contribution in [0.2, 0.25) is 0 Å². The van der Waals surface area contributed by atoms with Crippen molar-refractivity contribution < 1.29 is 14.2 Å². The SMILES string of the molecule is CCCCCCCCCCCCCCCCCCCCCc1ccc(C(=S)C=Cc2cc(OCCCCC)c(OCCCCC)c(OCCCCC)c2)cc1. The van der Waals surface area contributed by atoms with Gasteiger partial charge in [-0.05, 0) is 67.0 Å². The van der Waals surface area contributed by atoms with Gasteiger partial charge in [0.25, 0.3) is 0 Å². The zero-order valence-corrected chi connectivity index (χ0v) is 37.2. The maximum atomic E-state index is 6.34. The number of ether oxygens (including phenoxy) is 3. The lowest BCUT2D eigenvalue weighted by molar-refractivity contribution is 0.235. The van der Waals surface area contributed by atoms with Gasteiger partial charge in [0.1, 0.15) is 0 Å². The first kappa shape index (κ1) is 48.8. The highest BCUT2D eigenvalue weighted by Crippen LogP contribution is 2.40. The monoisotopic (exact) mass is 777 g/mol. The molecule has 2 aromatic rings. The molecule has 3 nitrogen and oxygen atoms in total. The molecule has 0 aliphatic rings. The van der Waals surface area contributed by atoms with E-state index >= 15 is 0 Å². The molecule has 0 atom stereocenters. The molecule has 2 rings (SSSR count). The summed E-state index contributed by atoms with van der Waals surface area (Å²) >= 11 is 5.88. The molecule has 0 radical (unpaired) electrons. The second-order valence-electron chi connectivity index (χ2n) is 16.0. The van der Waals surface area contributed by atoms with Crippen LogP contribution in [-0.4, -0.2) is 24.7 Å². The van der Waals surface area contributed by atoms with E-state index in [-0.39, 0.29) is 0 Å². The lowest BCUT2D eigenvalue weighted by Crippen LogP contribution is -2.06. The van der Waals surface area contributed by atoms with Crippen LogP contribution in [0.1, 0.15) is 224 Å². The third-order valence-electron chi connectivity index (χ3n) is 10.8. The van der Waals surface area contributed by atoms with Gasteiger partial charge in [-0.3, -0.25) is 0 Å². The number of rotatable bonds is 38. The lowest BCUT2D eigenvalue weighted by Gasteiger charge is -2.18. The molecule has 0 unspecified atom stereocenters. The van der Waals surface area contributed by atoms with Crippen molar-refractivity contribution in [3.63, 3.8) is 0 Å². The van der Waals surface area contributed by atoms with Gasteiger partial charge in [0.05, 0.1) is 19.8 Å². The molecule has 0 aliphatic heterocycles. The summed E-state index contributed by atoms with van der Waals surface area (Å²) in [6.45, 7) is 11.0. The molecule has 312 valence electrons. The molecule has 0 bridgehead atoms. The van der Waals surface area contributed by atoms with Gasteiger partial charge in [-0.15, -0.1) is 0 Å². The molecule has 0 aromatic heterocycles. The summed E-state index contributed by atoms with van der Waals surface area (Å²) in [5, 5.41) is 0. The highest BCUT2D eigenvalue weighted by atomic mass is 32.1. The number of unbranched alkanes of at least 4 members (excludes halogenated alkanes) is 24. The van der Waals surface area contributed by atoms with Crippen LogP contribution in [0.15, 0.2) is 42.5 Å². The van der Waals surface area contributed by atoms with Crippen molar-refractivity contribution in [2.24, 2.45) is 0 Å². The largest absolute Gasteiger partial charge is 0.490 e. The third-order valence-corrected chi connectivity index (χ3v) is 11.2. The summed E-state index contributed by atoms with van der Waals surface area (Å²) in [5.74, 6) is 2.28. The number of thiocarbonyl (C=S) groups is 1. The lowest BCUT2D eigenvalue weighted by atomic mass is 10.0. The standard InChI is InChI=1S/C51H84O3S/c1-5-9-13-14-15-16-17-18-19-20-21-22-23-24-25-26-27-28-29-33-45-34-37-47(38-35-45)50(55)39-36-46-43-48(52-40-30-10-6-2)51(54-42-32-12-8-4)49(44-46)53-41-31-11-7-3/h34-39,43-44H,5-33,40-42H2,1-4H3. The van der Waals surface area contributed by atoms with E-state index in [1.54, 1.807) is 0 Å². The first-order valence-corrected chi connectivity index (χ1v) is 23.9. The third kappa shape index (κ3) is 24.8. The van der Waals surface area contributed by atoms with Gasteiger partial charge >= 0.3 is 0 Å². The fourth-order valence-electron chi connectivity index (χ4n) is 7.16. The Kier molecular flexibility index (Phi) is 31.0. The Morgan fingerprint density at radius 3 is 1.24 bits per heavy atom. The second-order valence-corrected chi connectivity index (χ2v) is 16.5. The fourth-order valence-corrected chi connectivity index (χ4v) is 7.36. The van der Waals surface area contributed by atoms with Crippen molar-refractivity contribution in [1.82, 2.24) is 0 Å². The molecule has 0 fully saturated rings. The van der Waals surface area contributed by atoms with Crippen LogP contribution in [0.25, 0.3) is 6.08 Å². The van der Waals surface area contributed by atoms with Crippen LogP contribution in [0.5, 0.6) is 17.2 Å². The molecule has 0 heterocycles. The highest BCUT2D eigenvalue weighted by molar-refractivity contribution is 7.81. The summed E-state index contributed by atoms with van der Waals surface area (Å²) < 4.78 is 19.0. The minimum absolute atomic E-state index is 0.666. The van der Waals surface area contributed by atoms with Gasteiger partial charge in [0, 0.05) is 4.86 Å². The van der Waals surface area contributed by atoms with Crippen molar-refractivity contribution in [1.29, 1.82) is 0 Å². The summed E-state index contributed by atoms with van der Waals surface area (Å²) in [6.07, 6.45) is 42.3. The predicted molar refractivity (Wildman–Crippen MR) is 246 cm³/mol. The minimum atomic E-state index is 0.666. The molecule has 55 heavy (non-hydrogen) atoms. The molecule has 0 amide bonds. The average molecular weight is 777 g/mol. The van der Waals surface area contributed by atoms with Gasteiger partial charge in [-0.1, -0.05) is 224 Å². The Labute approximate surface area is 346 Å². The van der Waals surface area contributed by atoms with Crippen LogP contribution in [-0.2, 0) is 6.42 Å². The Morgan fingerprint density at radius 2 is 0.818 bits per heavy atom. The van der Waals surface area contributed by atoms with E-state index in [9.17, 15) is 0 Å². The van der Waals surface area contributed by atoms with E-state index in [0.29, 0.717) is 19.8 Å². The van der Waals surface area contributed by atoms with Gasteiger partial charge in [-0.2, -0.15) is 0 Å². The van der Waals surface area contributed by atoms with Crippen LogP contribution >= 0.6 is 12.2 Å². The summed E-state index contributed by atoms with van der Waals surface area (Å²) in [7, 11) is 0. The summed E-state index contributed by atoms with van der Waals surface area (Å²) in [5.41, 5.74) is 3.51. The smallest absolute Gasteiger partial charge is 0.203 e. The van der Waals surface area contributed by atoms with Crippen molar-refractivity contribution in [2.45, 2.75) is 214 Å². The van der Waals surface area contributed by atoms with E-state index in [1.165, 1.54) is 128 Å². The van der Waals surface area contributed by atoms with E-state index < -0.39 is 0 Å². The molecule has 0 spiro atoms. The van der Waals surface area contributed by atoms with Crippen molar-refractivity contribution >= 4 is 23.2 Å². The molecule has 0 saturated heterocycles. The quantitative estimate of drug-likeness (QED) is 0.0294. The first-order chi connectivity index (χ1) is 27.1. The maximum Gasteiger partial charge on any atom is 0.203 e. The van der Waals surface area contributed by atoms with Crippen molar-refractivity contribution in [3.05, 3.63) is 59.2 Å². The molecule has 0 aliphatic carbocycles. The van der Waals surface area contributed by atoms with E-state index in [2.05, 4.69) is 70.2 Å².